The highest BCUT2D eigenvalue weighted by atomic mass is 19.4. The van der Waals surface area contributed by atoms with E-state index in [9.17, 15) is 22.7 Å². The van der Waals surface area contributed by atoms with Crippen LogP contribution in [-0.2, 0) is 6.18 Å². The lowest BCUT2D eigenvalue weighted by molar-refractivity contribution is -0.140. The number of nitrogens with one attached hydrogen (secondary N) is 1. The van der Waals surface area contributed by atoms with Crippen LogP contribution in [0, 0.1) is 5.82 Å². The summed E-state index contributed by atoms with van der Waals surface area (Å²) in [4.78, 5) is 0. The molecule has 17 heavy (non-hydrogen) atoms. The largest absolute Gasteiger partial charge is 0.508 e. The predicted molar refractivity (Wildman–Crippen MR) is 53.0 cm³/mol. The van der Waals surface area contributed by atoms with E-state index in [0.717, 1.165) is 12.5 Å². The summed E-state index contributed by atoms with van der Waals surface area (Å²) in [7, 11) is 0. The summed E-state index contributed by atoms with van der Waals surface area (Å²) in [5.74, 6) is -1.86. The molecule has 2 N–H and O–H groups in total. The zero-order chi connectivity index (χ0) is 12.6. The molecule has 1 saturated heterocycles. The second-order valence-electron chi connectivity index (χ2n) is 4.04. The average molecular weight is 249 g/mol. The van der Waals surface area contributed by atoms with E-state index in [-0.39, 0.29) is 11.6 Å². The maximum Gasteiger partial charge on any atom is 0.419 e. The van der Waals surface area contributed by atoms with Crippen molar-refractivity contribution in [3.63, 3.8) is 0 Å². The third-order valence-electron chi connectivity index (χ3n) is 2.86. The lowest BCUT2D eigenvalue weighted by Crippen LogP contribution is -2.15. The van der Waals surface area contributed by atoms with Crippen LogP contribution in [0.25, 0.3) is 0 Å². The van der Waals surface area contributed by atoms with E-state index < -0.39 is 23.3 Å². The van der Waals surface area contributed by atoms with Gasteiger partial charge in [0.1, 0.15) is 11.6 Å². The molecule has 1 aromatic carbocycles. The molecule has 0 spiro atoms. The van der Waals surface area contributed by atoms with Gasteiger partial charge in [-0.05, 0) is 31.5 Å². The number of alkyl halides is 3. The Labute approximate surface area is 95.3 Å². The predicted octanol–water partition coefficient (Wildman–Crippen LogP) is 2.97. The minimum atomic E-state index is -4.79. The number of hydrogen-bond donors (Lipinski definition) is 2. The Morgan fingerprint density at radius 3 is 2.53 bits per heavy atom. The molecule has 0 bridgehead atoms. The van der Waals surface area contributed by atoms with Gasteiger partial charge in [0.25, 0.3) is 0 Å². The van der Waals surface area contributed by atoms with Crippen molar-refractivity contribution in [2.24, 2.45) is 0 Å². The molecule has 0 unspecified atom stereocenters. The molecule has 1 heterocycles. The van der Waals surface area contributed by atoms with E-state index in [4.69, 9.17) is 0 Å². The van der Waals surface area contributed by atoms with Crippen molar-refractivity contribution >= 4 is 0 Å². The molecule has 0 saturated carbocycles. The lowest BCUT2D eigenvalue weighted by Gasteiger charge is -2.15. The third kappa shape index (κ3) is 2.36. The Balaban J connectivity index is 2.41. The van der Waals surface area contributed by atoms with E-state index in [0.29, 0.717) is 19.0 Å². The van der Waals surface area contributed by atoms with E-state index in [1.54, 1.807) is 0 Å². The topological polar surface area (TPSA) is 32.3 Å². The Morgan fingerprint density at radius 1 is 1.29 bits per heavy atom. The summed E-state index contributed by atoms with van der Waals surface area (Å²) < 4.78 is 50.4. The van der Waals surface area contributed by atoms with E-state index >= 15 is 0 Å². The molecule has 2 nitrogen and oxygen atoms in total. The average Bonchev–Trinajstić information content (AvgIpc) is 2.72. The number of phenolic OH excluding ortho intramolecular Hbond substituents is 1. The van der Waals surface area contributed by atoms with Gasteiger partial charge in [0.2, 0.25) is 0 Å². The van der Waals surface area contributed by atoms with E-state index in [1.807, 2.05) is 0 Å². The summed E-state index contributed by atoms with van der Waals surface area (Å²) in [5.41, 5.74) is -1.25. The SMILES string of the molecule is Oc1cc(C(F)(F)F)c(F)cc1[C@H]1CCCN1. The van der Waals surface area contributed by atoms with E-state index in [1.165, 1.54) is 0 Å². The monoisotopic (exact) mass is 249 g/mol. The van der Waals surface area contributed by atoms with Crippen molar-refractivity contribution in [2.75, 3.05) is 6.54 Å². The number of aromatic hydroxyl groups is 1. The van der Waals surface area contributed by atoms with Crippen LogP contribution < -0.4 is 5.32 Å². The highest BCUT2D eigenvalue weighted by Crippen LogP contribution is 2.38. The van der Waals surface area contributed by atoms with Gasteiger partial charge in [0.15, 0.2) is 0 Å². The van der Waals surface area contributed by atoms with Gasteiger partial charge >= 0.3 is 6.18 Å². The number of phenols is 1. The molecule has 1 aromatic rings. The fourth-order valence-electron chi connectivity index (χ4n) is 2.02. The normalized spacial score (nSPS) is 20.8. The molecule has 0 radical (unpaired) electrons. The van der Waals surface area contributed by atoms with Crippen LogP contribution in [0.3, 0.4) is 0 Å². The van der Waals surface area contributed by atoms with Gasteiger partial charge in [-0.2, -0.15) is 13.2 Å². The van der Waals surface area contributed by atoms with Crippen LogP contribution in [0.2, 0.25) is 0 Å². The standard InChI is InChI=1S/C11H11F4NO/c12-8-4-6(9-2-1-3-16-9)10(17)5-7(8)11(13,14)15/h4-5,9,16-17H,1-3H2/t9-/m1/s1. The molecule has 1 aliphatic heterocycles. The van der Waals surface area contributed by atoms with Crippen LogP contribution >= 0.6 is 0 Å². The molecule has 0 amide bonds. The molecule has 0 aromatic heterocycles. The summed E-state index contributed by atoms with van der Waals surface area (Å²) in [6.07, 6.45) is -3.26. The highest BCUT2D eigenvalue weighted by Gasteiger charge is 2.35. The summed E-state index contributed by atoms with van der Waals surface area (Å²) in [6, 6.07) is 0.943. The van der Waals surface area contributed by atoms with Gasteiger partial charge in [-0.25, -0.2) is 4.39 Å². The zero-order valence-corrected chi connectivity index (χ0v) is 8.81. The van der Waals surface area contributed by atoms with Gasteiger partial charge in [-0.3, -0.25) is 0 Å². The highest BCUT2D eigenvalue weighted by molar-refractivity contribution is 5.40. The summed E-state index contributed by atoms with van der Waals surface area (Å²) >= 11 is 0. The smallest absolute Gasteiger partial charge is 0.419 e. The minimum absolute atomic E-state index is 0.188. The molecule has 1 aliphatic rings. The van der Waals surface area contributed by atoms with Crippen molar-refractivity contribution < 1.29 is 22.7 Å². The molecular weight excluding hydrogens is 238 g/mol. The first kappa shape index (κ1) is 12.2. The third-order valence-corrected chi connectivity index (χ3v) is 2.86. The molecule has 1 fully saturated rings. The first-order chi connectivity index (χ1) is 7.89. The van der Waals surface area contributed by atoms with Crippen LogP contribution in [0.15, 0.2) is 12.1 Å². The van der Waals surface area contributed by atoms with Crippen molar-refractivity contribution in [3.8, 4) is 5.75 Å². The second kappa shape index (κ2) is 4.18. The van der Waals surface area contributed by atoms with Crippen LogP contribution in [0.1, 0.15) is 30.0 Å². The van der Waals surface area contributed by atoms with Gasteiger partial charge in [-0.15, -0.1) is 0 Å². The summed E-state index contributed by atoms with van der Waals surface area (Å²) in [5, 5.41) is 12.5. The number of rotatable bonds is 1. The minimum Gasteiger partial charge on any atom is -0.508 e. The van der Waals surface area contributed by atoms with Gasteiger partial charge in [0.05, 0.1) is 5.56 Å². The molecule has 2 rings (SSSR count). The molecule has 1 atom stereocenters. The van der Waals surface area contributed by atoms with Crippen LogP contribution in [-0.4, -0.2) is 11.7 Å². The van der Waals surface area contributed by atoms with Crippen molar-refractivity contribution in [1.29, 1.82) is 0 Å². The fourth-order valence-corrected chi connectivity index (χ4v) is 2.02. The maximum atomic E-state index is 13.3. The first-order valence-corrected chi connectivity index (χ1v) is 5.22. The maximum absolute atomic E-state index is 13.3. The fraction of sp³-hybridized carbons (Fsp3) is 0.455. The van der Waals surface area contributed by atoms with Crippen molar-refractivity contribution in [1.82, 2.24) is 5.32 Å². The molecule has 6 heteroatoms. The number of hydrogen-bond acceptors (Lipinski definition) is 2. The lowest BCUT2D eigenvalue weighted by atomic mass is 10.0. The van der Waals surface area contributed by atoms with Crippen LogP contribution in [0.5, 0.6) is 5.75 Å². The molecule has 94 valence electrons. The van der Waals surface area contributed by atoms with E-state index in [2.05, 4.69) is 5.32 Å². The Hall–Kier alpha value is -1.30. The first-order valence-electron chi connectivity index (χ1n) is 5.22. The Bertz CT molecular complexity index is 424. The molecular formula is C11H11F4NO. The second-order valence-corrected chi connectivity index (χ2v) is 4.04. The number of halogens is 4. The van der Waals surface area contributed by atoms with Crippen molar-refractivity contribution in [3.05, 3.63) is 29.1 Å². The van der Waals surface area contributed by atoms with Gasteiger partial charge < -0.3 is 10.4 Å². The summed E-state index contributed by atoms with van der Waals surface area (Å²) in [6.45, 7) is 0.715. The Morgan fingerprint density at radius 2 is 2.00 bits per heavy atom. The van der Waals surface area contributed by atoms with Crippen molar-refractivity contribution in [2.45, 2.75) is 25.1 Å². The molecule has 0 aliphatic carbocycles. The zero-order valence-electron chi connectivity index (χ0n) is 8.81. The number of benzene rings is 1. The Kier molecular flexibility index (Phi) is 2.99. The van der Waals surface area contributed by atoms with Crippen LogP contribution in [0.4, 0.5) is 17.6 Å². The van der Waals surface area contributed by atoms with Gasteiger partial charge in [-0.1, -0.05) is 0 Å². The quantitative estimate of drug-likeness (QED) is 0.750. The van der Waals surface area contributed by atoms with Gasteiger partial charge in [0, 0.05) is 11.6 Å².